The molecule has 0 unspecified atom stereocenters. The van der Waals surface area contributed by atoms with Gasteiger partial charge in [0.1, 0.15) is 0 Å². The molecule has 0 saturated carbocycles. The Kier molecular flexibility index (Phi) is 10.1. The van der Waals surface area contributed by atoms with E-state index in [9.17, 15) is 9.59 Å². The molecule has 0 aliphatic heterocycles. The molecule has 0 aliphatic rings. The largest absolute Gasteiger partial charge is 0.356 e. The second-order valence-electron chi connectivity index (χ2n) is 3.83. The summed E-state index contributed by atoms with van der Waals surface area (Å²) in [6, 6.07) is 3.58. The van der Waals surface area contributed by atoms with E-state index in [1.54, 1.807) is 6.07 Å². The molecule has 7 heteroatoms. The molecule has 0 aliphatic carbocycles. The maximum atomic E-state index is 11.5. The van der Waals surface area contributed by atoms with Gasteiger partial charge in [-0.3, -0.25) is 9.59 Å². The van der Waals surface area contributed by atoms with Crippen LogP contribution in [0.4, 0.5) is 0 Å². The molecule has 0 radical (unpaired) electrons. The van der Waals surface area contributed by atoms with E-state index in [2.05, 4.69) is 10.6 Å². The van der Waals surface area contributed by atoms with Gasteiger partial charge in [-0.2, -0.15) is 0 Å². The molecule has 0 spiro atoms. The van der Waals surface area contributed by atoms with Crippen LogP contribution in [0.15, 0.2) is 17.5 Å². The van der Waals surface area contributed by atoms with Gasteiger partial charge in [0.25, 0.3) is 5.91 Å². The number of carbonyl (C=O) groups is 2. The van der Waals surface area contributed by atoms with Crippen molar-refractivity contribution in [2.45, 2.75) is 19.3 Å². The van der Waals surface area contributed by atoms with Crippen LogP contribution in [-0.2, 0) is 4.79 Å². The summed E-state index contributed by atoms with van der Waals surface area (Å²) in [5.74, 6) is -0.167. The molecule has 19 heavy (non-hydrogen) atoms. The summed E-state index contributed by atoms with van der Waals surface area (Å²) in [6.07, 6.45) is 2.11. The summed E-state index contributed by atoms with van der Waals surface area (Å²) in [4.78, 5) is 23.6. The first-order valence-electron chi connectivity index (χ1n) is 6.02. The quantitative estimate of drug-likeness (QED) is 0.630. The number of nitrogens with two attached hydrogens (primary N) is 1. The minimum absolute atomic E-state index is 0. The van der Waals surface area contributed by atoms with Crippen LogP contribution < -0.4 is 16.4 Å². The van der Waals surface area contributed by atoms with Crippen molar-refractivity contribution in [3.05, 3.63) is 22.4 Å². The first-order chi connectivity index (χ1) is 8.74. The summed E-state index contributed by atoms with van der Waals surface area (Å²) in [5.41, 5.74) is 5.35. The highest BCUT2D eigenvalue weighted by Crippen LogP contribution is 2.07. The SMILES string of the molecule is Cl.NCCCCNC(=O)CCNC(=O)c1cccs1. The molecule has 4 N–H and O–H groups in total. The fourth-order valence-corrected chi connectivity index (χ4v) is 2.01. The lowest BCUT2D eigenvalue weighted by molar-refractivity contribution is -0.120. The van der Waals surface area contributed by atoms with Crippen molar-refractivity contribution in [1.82, 2.24) is 10.6 Å². The van der Waals surface area contributed by atoms with Gasteiger partial charge >= 0.3 is 0 Å². The van der Waals surface area contributed by atoms with Gasteiger partial charge in [0.15, 0.2) is 0 Å². The minimum Gasteiger partial charge on any atom is -0.356 e. The van der Waals surface area contributed by atoms with Crippen LogP contribution >= 0.6 is 23.7 Å². The molecular formula is C12H20ClN3O2S. The Labute approximate surface area is 123 Å². The monoisotopic (exact) mass is 305 g/mol. The Morgan fingerprint density at radius 3 is 2.63 bits per heavy atom. The van der Waals surface area contributed by atoms with Gasteiger partial charge in [0, 0.05) is 19.5 Å². The van der Waals surface area contributed by atoms with E-state index in [0.717, 1.165) is 12.8 Å². The predicted molar refractivity (Wildman–Crippen MR) is 79.8 cm³/mol. The van der Waals surface area contributed by atoms with Crippen LogP contribution in [-0.4, -0.2) is 31.4 Å². The molecule has 1 aromatic heterocycles. The van der Waals surface area contributed by atoms with Crippen molar-refractivity contribution >= 4 is 35.6 Å². The maximum absolute atomic E-state index is 11.5. The number of amides is 2. The van der Waals surface area contributed by atoms with Gasteiger partial charge in [0.05, 0.1) is 4.88 Å². The molecule has 0 bridgehead atoms. The minimum atomic E-state index is -0.124. The van der Waals surface area contributed by atoms with Crippen molar-refractivity contribution in [1.29, 1.82) is 0 Å². The summed E-state index contributed by atoms with van der Waals surface area (Å²) in [5, 5.41) is 7.34. The molecule has 1 rings (SSSR count). The van der Waals surface area contributed by atoms with Crippen molar-refractivity contribution in [2.24, 2.45) is 5.73 Å². The second kappa shape index (κ2) is 10.8. The fraction of sp³-hybridized carbons (Fsp3) is 0.500. The number of nitrogens with one attached hydrogen (secondary N) is 2. The lowest BCUT2D eigenvalue weighted by atomic mass is 10.3. The molecular weight excluding hydrogens is 286 g/mol. The van der Waals surface area contributed by atoms with E-state index in [1.165, 1.54) is 11.3 Å². The molecule has 1 aromatic rings. The second-order valence-corrected chi connectivity index (χ2v) is 4.78. The molecule has 0 fully saturated rings. The van der Waals surface area contributed by atoms with Crippen molar-refractivity contribution < 1.29 is 9.59 Å². The zero-order valence-corrected chi connectivity index (χ0v) is 12.3. The highest BCUT2D eigenvalue weighted by molar-refractivity contribution is 7.12. The molecule has 2 amide bonds. The Morgan fingerprint density at radius 1 is 1.21 bits per heavy atom. The molecule has 108 valence electrons. The van der Waals surface area contributed by atoms with Crippen molar-refractivity contribution in [3.8, 4) is 0 Å². The van der Waals surface area contributed by atoms with E-state index in [1.807, 2.05) is 11.4 Å². The Morgan fingerprint density at radius 2 is 2.00 bits per heavy atom. The van der Waals surface area contributed by atoms with E-state index in [-0.39, 0.29) is 24.2 Å². The van der Waals surface area contributed by atoms with Crippen LogP contribution in [0.2, 0.25) is 0 Å². The summed E-state index contributed by atoms with van der Waals surface area (Å²) in [6.45, 7) is 1.65. The van der Waals surface area contributed by atoms with E-state index < -0.39 is 0 Å². The normalized spacial score (nSPS) is 9.53. The number of hydrogen-bond donors (Lipinski definition) is 3. The zero-order valence-electron chi connectivity index (χ0n) is 10.7. The van der Waals surface area contributed by atoms with E-state index in [0.29, 0.717) is 30.9 Å². The van der Waals surface area contributed by atoms with Gasteiger partial charge in [-0.1, -0.05) is 6.07 Å². The molecule has 0 saturated heterocycles. The van der Waals surface area contributed by atoms with Crippen LogP contribution in [0, 0.1) is 0 Å². The van der Waals surface area contributed by atoms with Crippen molar-refractivity contribution in [3.63, 3.8) is 0 Å². The topological polar surface area (TPSA) is 84.2 Å². The maximum Gasteiger partial charge on any atom is 0.261 e. The summed E-state index contributed by atoms with van der Waals surface area (Å²) < 4.78 is 0. The third kappa shape index (κ3) is 7.81. The number of unbranched alkanes of at least 4 members (excludes halogenated alkanes) is 1. The van der Waals surface area contributed by atoms with Crippen LogP contribution in [0.25, 0.3) is 0 Å². The smallest absolute Gasteiger partial charge is 0.261 e. The van der Waals surface area contributed by atoms with Crippen LogP contribution in [0.5, 0.6) is 0 Å². The predicted octanol–water partition coefficient (Wildman–Crippen LogP) is 1.14. The Hall–Kier alpha value is -1.11. The molecule has 0 atom stereocenters. The molecule has 5 nitrogen and oxygen atoms in total. The number of carbonyl (C=O) groups excluding carboxylic acids is 2. The van der Waals surface area contributed by atoms with E-state index in [4.69, 9.17) is 5.73 Å². The fourth-order valence-electron chi connectivity index (χ4n) is 1.37. The number of rotatable bonds is 8. The van der Waals surface area contributed by atoms with Gasteiger partial charge in [-0.05, 0) is 30.8 Å². The van der Waals surface area contributed by atoms with Crippen LogP contribution in [0.3, 0.4) is 0 Å². The molecule has 0 aromatic carbocycles. The van der Waals surface area contributed by atoms with Gasteiger partial charge in [-0.25, -0.2) is 0 Å². The average molecular weight is 306 g/mol. The third-order valence-electron chi connectivity index (χ3n) is 2.34. The molecule has 1 heterocycles. The number of thiophene rings is 1. The Balaban J connectivity index is 0.00000324. The highest BCUT2D eigenvalue weighted by Gasteiger charge is 2.06. The summed E-state index contributed by atoms with van der Waals surface area (Å²) in [7, 11) is 0. The standard InChI is InChI=1S/C12H19N3O2S.ClH/c13-6-1-2-7-14-11(16)5-8-15-12(17)10-4-3-9-18-10;/h3-4,9H,1-2,5-8,13H2,(H,14,16)(H,15,17);1H. The average Bonchev–Trinajstić information content (AvgIpc) is 2.88. The lowest BCUT2D eigenvalue weighted by Gasteiger charge is -2.05. The van der Waals surface area contributed by atoms with E-state index >= 15 is 0 Å². The van der Waals surface area contributed by atoms with Crippen molar-refractivity contribution in [2.75, 3.05) is 19.6 Å². The Bertz CT molecular complexity index is 371. The first-order valence-corrected chi connectivity index (χ1v) is 6.90. The third-order valence-corrected chi connectivity index (χ3v) is 3.20. The first kappa shape index (κ1) is 17.9. The summed E-state index contributed by atoms with van der Waals surface area (Å²) >= 11 is 1.38. The lowest BCUT2D eigenvalue weighted by Crippen LogP contribution is -2.31. The van der Waals surface area contributed by atoms with Gasteiger partial charge < -0.3 is 16.4 Å². The van der Waals surface area contributed by atoms with Gasteiger partial charge in [-0.15, -0.1) is 23.7 Å². The highest BCUT2D eigenvalue weighted by atomic mass is 35.5. The van der Waals surface area contributed by atoms with Crippen LogP contribution in [0.1, 0.15) is 28.9 Å². The van der Waals surface area contributed by atoms with Gasteiger partial charge in [0.2, 0.25) is 5.91 Å². The number of hydrogen-bond acceptors (Lipinski definition) is 4. The zero-order chi connectivity index (χ0) is 13.2. The number of halogens is 1.